The molecule has 0 bridgehead atoms. The first kappa shape index (κ1) is 47.4. The van der Waals surface area contributed by atoms with Crippen LogP contribution in [-0.2, 0) is 39.9 Å². The maximum Gasteiger partial charge on any atom is 0.514 e. The van der Waals surface area contributed by atoms with Gasteiger partial charge in [0, 0.05) is 13.0 Å². The van der Waals surface area contributed by atoms with Gasteiger partial charge in [-0.3, -0.25) is 24.2 Å². The number of nitrogens with two attached hydrogens (primary N) is 2. The molecule has 19 heteroatoms. The predicted molar refractivity (Wildman–Crippen MR) is 202 cm³/mol. The zero-order valence-corrected chi connectivity index (χ0v) is 33.1. The molecule has 0 aliphatic heterocycles. The van der Waals surface area contributed by atoms with Crippen LogP contribution in [0.3, 0.4) is 0 Å². The van der Waals surface area contributed by atoms with Crippen LogP contribution in [-0.4, -0.2) is 101 Å². The van der Waals surface area contributed by atoms with Crippen molar-refractivity contribution in [1.29, 1.82) is 0 Å². The van der Waals surface area contributed by atoms with Crippen molar-refractivity contribution in [3.05, 3.63) is 29.8 Å². The molecule has 308 valence electrons. The van der Waals surface area contributed by atoms with Crippen LogP contribution in [0.2, 0.25) is 0 Å². The highest BCUT2D eigenvalue weighted by atomic mass is 16.7. The third-order valence-corrected chi connectivity index (χ3v) is 7.06. The highest BCUT2D eigenvalue weighted by Gasteiger charge is 2.29. The largest absolute Gasteiger partial charge is 0.514 e. The molecule has 0 unspecified atom stereocenters. The van der Waals surface area contributed by atoms with E-state index in [1.165, 1.54) is 19.1 Å². The number of benzene rings is 1. The van der Waals surface area contributed by atoms with E-state index in [0.29, 0.717) is 5.56 Å². The number of hydrogen-bond donors (Lipinski definition) is 8. The lowest BCUT2D eigenvalue weighted by molar-refractivity contribution is -0.142. The Morgan fingerprint density at radius 3 is 1.87 bits per heavy atom. The number of carboxylic acid groups (broad SMARTS) is 1. The molecule has 1 aromatic rings. The Morgan fingerprint density at radius 1 is 0.764 bits per heavy atom. The molecule has 0 aliphatic carbocycles. The van der Waals surface area contributed by atoms with E-state index in [1.54, 1.807) is 53.7 Å². The normalized spacial score (nSPS) is 13.5. The Hall–Kier alpha value is -5.62. The second-order valence-electron chi connectivity index (χ2n) is 15.2. The van der Waals surface area contributed by atoms with Gasteiger partial charge in [0.25, 0.3) is 0 Å². The molecule has 10 N–H and O–H groups in total. The van der Waals surface area contributed by atoms with Crippen molar-refractivity contribution >= 4 is 47.8 Å². The third kappa shape index (κ3) is 21.0. The maximum atomic E-state index is 13.4. The van der Waals surface area contributed by atoms with E-state index in [2.05, 4.69) is 31.6 Å². The molecule has 0 aliphatic rings. The van der Waals surface area contributed by atoms with Gasteiger partial charge in [-0.25, -0.2) is 14.4 Å². The fraction of sp³-hybridized carbons (Fsp3) is 0.611. The average Bonchev–Trinajstić information content (AvgIpc) is 3.02. The number of aliphatic imine (C=N–C) groups is 1. The Labute approximate surface area is 321 Å². The molecule has 1 rings (SSSR count). The number of hydrogen-bond acceptors (Lipinski definition) is 11. The molecule has 0 aromatic heterocycles. The summed E-state index contributed by atoms with van der Waals surface area (Å²) < 4.78 is 15.6. The number of amides is 5. The first-order valence-electron chi connectivity index (χ1n) is 17.8. The highest BCUT2D eigenvalue weighted by Crippen LogP contribution is 2.17. The first-order chi connectivity index (χ1) is 25.3. The number of nitrogens with zero attached hydrogens (tertiary/aromatic N) is 1. The first-order valence-corrected chi connectivity index (χ1v) is 17.8. The molecule has 0 radical (unpaired) electrons. The van der Waals surface area contributed by atoms with Gasteiger partial charge in [0.05, 0.1) is 6.54 Å². The van der Waals surface area contributed by atoms with Gasteiger partial charge in [-0.05, 0) is 91.3 Å². The fourth-order valence-electron chi connectivity index (χ4n) is 4.64. The van der Waals surface area contributed by atoms with Crippen molar-refractivity contribution in [1.82, 2.24) is 26.6 Å². The summed E-state index contributed by atoms with van der Waals surface area (Å²) in [6, 6.07) is 1.35. The average molecular weight is 779 g/mol. The molecule has 0 fully saturated rings. The SMILES string of the molecule is CC(C)C[C@@H](NC(=O)CNC(=O)[C@H](C)NC(=O)[C@@H](Cc1ccc(OC(=O)OC(C)(C)C)cc1)NC(=O)OC(C)(C)C)C(=O)N[C@@H](CCCN=C(N)N)C(=O)O. The van der Waals surface area contributed by atoms with E-state index in [-0.39, 0.29) is 49.9 Å². The van der Waals surface area contributed by atoms with Gasteiger partial charge in [0.1, 0.15) is 41.1 Å². The van der Waals surface area contributed by atoms with E-state index in [1.807, 2.05) is 13.8 Å². The number of carboxylic acids is 1. The number of carbonyl (C=O) groups excluding carboxylic acids is 6. The van der Waals surface area contributed by atoms with Gasteiger partial charge in [-0.1, -0.05) is 26.0 Å². The van der Waals surface area contributed by atoms with Gasteiger partial charge < -0.3 is 57.4 Å². The van der Waals surface area contributed by atoms with E-state index in [4.69, 9.17) is 25.7 Å². The molecular weight excluding hydrogens is 720 g/mol. The van der Waals surface area contributed by atoms with Gasteiger partial charge in [-0.2, -0.15) is 0 Å². The van der Waals surface area contributed by atoms with E-state index < -0.39 is 83.8 Å². The molecule has 0 saturated carbocycles. The van der Waals surface area contributed by atoms with Crippen LogP contribution in [0.25, 0.3) is 0 Å². The molecule has 0 saturated heterocycles. The minimum Gasteiger partial charge on any atom is -0.480 e. The zero-order chi connectivity index (χ0) is 42.1. The number of aliphatic carboxylic acids is 1. The molecule has 55 heavy (non-hydrogen) atoms. The zero-order valence-electron chi connectivity index (χ0n) is 33.1. The second-order valence-corrected chi connectivity index (χ2v) is 15.2. The van der Waals surface area contributed by atoms with E-state index in [0.717, 1.165) is 0 Å². The van der Waals surface area contributed by atoms with Crippen molar-refractivity contribution < 1.29 is 52.9 Å². The number of alkyl carbamates (subject to hydrolysis) is 1. The summed E-state index contributed by atoms with van der Waals surface area (Å²) in [5.74, 6) is -4.27. The van der Waals surface area contributed by atoms with Crippen molar-refractivity contribution in [2.24, 2.45) is 22.4 Å². The van der Waals surface area contributed by atoms with Gasteiger partial charge >= 0.3 is 18.2 Å². The van der Waals surface area contributed by atoms with Crippen LogP contribution >= 0.6 is 0 Å². The van der Waals surface area contributed by atoms with Gasteiger partial charge in [-0.15, -0.1) is 0 Å². The van der Waals surface area contributed by atoms with Gasteiger partial charge in [0.2, 0.25) is 23.6 Å². The Morgan fingerprint density at radius 2 is 1.35 bits per heavy atom. The maximum absolute atomic E-state index is 13.4. The summed E-state index contributed by atoms with van der Waals surface area (Å²) >= 11 is 0. The fourth-order valence-corrected chi connectivity index (χ4v) is 4.64. The summed E-state index contributed by atoms with van der Waals surface area (Å²) in [5.41, 5.74) is 9.50. The summed E-state index contributed by atoms with van der Waals surface area (Å²) in [4.78, 5) is 92.4. The lowest BCUT2D eigenvalue weighted by atomic mass is 10.0. The van der Waals surface area contributed by atoms with Crippen molar-refractivity contribution in [2.45, 2.75) is 123 Å². The predicted octanol–water partition coefficient (Wildman–Crippen LogP) is 1.21. The minimum absolute atomic E-state index is 0.0328. The van der Waals surface area contributed by atoms with Crippen molar-refractivity contribution in [2.75, 3.05) is 13.1 Å². The van der Waals surface area contributed by atoms with Crippen LogP contribution in [0, 0.1) is 5.92 Å². The van der Waals surface area contributed by atoms with Crippen LogP contribution in [0.4, 0.5) is 9.59 Å². The molecule has 5 amide bonds. The van der Waals surface area contributed by atoms with Crippen molar-refractivity contribution in [3.63, 3.8) is 0 Å². The lowest BCUT2D eigenvalue weighted by Crippen LogP contribution is -2.55. The summed E-state index contributed by atoms with van der Waals surface area (Å²) in [6.07, 6.45) is -1.35. The van der Waals surface area contributed by atoms with E-state index in [9.17, 15) is 38.7 Å². The third-order valence-electron chi connectivity index (χ3n) is 7.06. The number of carbonyl (C=O) groups is 7. The van der Waals surface area contributed by atoms with Gasteiger partial charge in [0.15, 0.2) is 5.96 Å². The Kier molecular flexibility index (Phi) is 18.9. The summed E-state index contributed by atoms with van der Waals surface area (Å²) in [6.45, 7) is 14.6. The molecule has 0 heterocycles. The molecule has 19 nitrogen and oxygen atoms in total. The lowest BCUT2D eigenvalue weighted by Gasteiger charge is -2.25. The van der Waals surface area contributed by atoms with Crippen LogP contribution < -0.4 is 42.8 Å². The standard InChI is InChI=1S/C36H58N8O11/c1-20(2)17-25(30(48)43-24(31(49)50)11-10-16-39-32(37)38)42-27(45)19-40-28(46)21(3)41-29(47)26(44-33(51)54-35(4,5)6)18-22-12-14-23(15-13-22)53-34(52)55-36(7,8)9/h12-15,20-21,24-26H,10-11,16-19H2,1-9H3,(H,40,46)(H,41,47)(H,42,45)(H,43,48)(H,44,51)(H,49,50)(H4,37,38,39)/t21-,24-,25+,26+/m0/s1. The Bertz CT molecular complexity index is 1510. The quantitative estimate of drug-likeness (QED) is 0.0323. The number of nitrogens with one attached hydrogen (secondary N) is 5. The number of guanidine groups is 1. The monoisotopic (exact) mass is 778 g/mol. The number of rotatable bonds is 19. The Balaban J connectivity index is 2.93. The van der Waals surface area contributed by atoms with E-state index >= 15 is 0 Å². The molecule has 1 aromatic carbocycles. The number of ether oxygens (including phenoxy) is 3. The highest BCUT2D eigenvalue weighted by molar-refractivity contribution is 5.94. The second kappa shape index (κ2) is 21.9. The smallest absolute Gasteiger partial charge is 0.480 e. The molecule has 4 atom stereocenters. The van der Waals surface area contributed by atoms with Crippen molar-refractivity contribution in [3.8, 4) is 5.75 Å². The summed E-state index contributed by atoms with van der Waals surface area (Å²) in [7, 11) is 0. The topological polar surface area (TPSA) is 292 Å². The van der Waals surface area contributed by atoms with Crippen LogP contribution in [0.5, 0.6) is 5.75 Å². The van der Waals surface area contributed by atoms with Crippen LogP contribution in [0.1, 0.15) is 87.1 Å². The van der Waals surface area contributed by atoms with Crippen LogP contribution in [0.15, 0.2) is 29.3 Å². The molecular formula is C36H58N8O11. The summed E-state index contributed by atoms with van der Waals surface area (Å²) in [5, 5.41) is 22.0. The molecule has 0 spiro atoms. The minimum atomic E-state index is -1.28.